The lowest BCUT2D eigenvalue weighted by atomic mass is 9.94. The molecule has 1 aliphatic rings. The molecule has 1 aromatic carbocycles. The normalized spacial score (nSPS) is 15.2. The van der Waals surface area contributed by atoms with Crippen LogP contribution in [0.1, 0.15) is 37.5 Å². The van der Waals surface area contributed by atoms with Crippen LogP contribution in [-0.2, 0) is 6.42 Å². The van der Waals surface area contributed by atoms with Gasteiger partial charge in [0.2, 0.25) is 0 Å². The Labute approximate surface area is 86.7 Å². The fraction of sp³-hybridized carbons (Fsp3) is 0.429. The molecule has 0 amide bonds. The van der Waals surface area contributed by atoms with Crippen molar-refractivity contribution in [3.63, 3.8) is 0 Å². The number of allylic oxidation sites excluding steroid dienone is 2. The summed E-state index contributed by atoms with van der Waals surface area (Å²) in [5, 5.41) is 0. The van der Waals surface area contributed by atoms with Gasteiger partial charge in [0.25, 0.3) is 0 Å². The van der Waals surface area contributed by atoms with Crippen LogP contribution < -0.4 is 0 Å². The maximum atomic E-state index is 2.33. The maximum Gasteiger partial charge on any atom is -0.00577 e. The fourth-order valence-electron chi connectivity index (χ4n) is 2.51. The monoisotopic (exact) mass is 186 g/mol. The molecule has 74 valence electrons. The van der Waals surface area contributed by atoms with Crippen LogP contribution in [-0.4, -0.2) is 0 Å². The zero-order valence-electron chi connectivity index (χ0n) is 9.52. The summed E-state index contributed by atoms with van der Waals surface area (Å²) in [6, 6.07) is 6.83. The van der Waals surface area contributed by atoms with Crippen molar-refractivity contribution in [2.24, 2.45) is 5.92 Å². The van der Waals surface area contributed by atoms with Gasteiger partial charge in [-0.1, -0.05) is 43.2 Å². The Morgan fingerprint density at radius 1 is 1.14 bits per heavy atom. The van der Waals surface area contributed by atoms with Gasteiger partial charge in [-0.3, -0.25) is 0 Å². The van der Waals surface area contributed by atoms with Gasteiger partial charge in [0.05, 0.1) is 0 Å². The number of rotatable bonds is 1. The quantitative estimate of drug-likeness (QED) is 0.622. The van der Waals surface area contributed by atoms with Gasteiger partial charge in [0.1, 0.15) is 0 Å². The number of hydrogen-bond donors (Lipinski definition) is 0. The summed E-state index contributed by atoms with van der Waals surface area (Å²) in [6.45, 7) is 9.02. The second-order valence-corrected chi connectivity index (χ2v) is 4.69. The number of aryl methyl sites for hydroxylation is 1. The van der Waals surface area contributed by atoms with Crippen molar-refractivity contribution in [1.82, 2.24) is 0 Å². The highest BCUT2D eigenvalue weighted by molar-refractivity contribution is 5.77. The van der Waals surface area contributed by atoms with Gasteiger partial charge in [-0.05, 0) is 42.9 Å². The zero-order chi connectivity index (χ0) is 10.3. The standard InChI is InChI=1S/C14H18/c1-9(2)14-11(4)8-12-6-5-10(3)7-13(12)14/h5-7,9H,8H2,1-4H3. The average Bonchev–Trinajstić information content (AvgIpc) is 2.40. The molecule has 1 aromatic rings. The lowest BCUT2D eigenvalue weighted by Gasteiger charge is -2.11. The molecule has 0 heterocycles. The Morgan fingerprint density at radius 3 is 2.50 bits per heavy atom. The van der Waals surface area contributed by atoms with Gasteiger partial charge in [-0.2, -0.15) is 0 Å². The predicted octanol–water partition coefficient (Wildman–Crippen LogP) is 3.98. The zero-order valence-corrected chi connectivity index (χ0v) is 9.52. The van der Waals surface area contributed by atoms with Crippen molar-refractivity contribution >= 4 is 5.57 Å². The fourth-order valence-corrected chi connectivity index (χ4v) is 2.51. The third-order valence-corrected chi connectivity index (χ3v) is 3.05. The number of fused-ring (bicyclic) bond motifs is 1. The van der Waals surface area contributed by atoms with E-state index in [1.54, 1.807) is 11.1 Å². The van der Waals surface area contributed by atoms with E-state index in [-0.39, 0.29) is 0 Å². The predicted molar refractivity (Wildman–Crippen MR) is 62.3 cm³/mol. The van der Waals surface area contributed by atoms with E-state index in [0.29, 0.717) is 5.92 Å². The summed E-state index contributed by atoms with van der Waals surface area (Å²) in [4.78, 5) is 0. The van der Waals surface area contributed by atoms with Crippen molar-refractivity contribution in [2.45, 2.75) is 34.1 Å². The minimum absolute atomic E-state index is 0.651. The van der Waals surface area contributed by atoms with Crippen LogP contribution in [0.5, 0.6) is 0 Å². The van der Waals surface area contributed by atoms with Crippen LogP contribution in [0.25, 0.3) is 5.57 Å². The Bertz CT molecular complexity index is 394. The molecule has 0 heteroatoms. The summed E-state index contributed by atoms with van der Waals surface area (Å²) in [5.41, 5.74) is 7.51. The number of hydrogen-bond acceptors (Lipinski definition) is 0. The second-order valence-electron chi connectivity index (χ2n) is 4.69. The first-order valence-electron chi connectivity index (χ1n) is 5.39. The molecule has 0 N–H and O–H groups in total. The molecular weight excluding hydrogens is 168 g/mol. The van der Waals surface area contributed by atoms with Crippen LogP contribution in [0, 0.1) is 12.8 Å². The highest BCUT2D eigenvalue weighted by Gasteiger charge is 2.20. The van der Waals surface area contributed by atoms with Gasteiger partial charge in [-0.15, -0.1) is 0 Å². The van der Waals surface area contributed by atoms with Crippen LogP contribution in [0.4, 0.5) is 0 Å². The van der Waals surface area contributed by atoms with Crippen molar-refractivity contribution in [1.29, 1.82) is 0 Å². The average molecular weight is 186 g/mol. The largest absolute Gasteiger partial charge is 0.0648 e. The van der Waals surface area contributed by atoms with Crippen LogP contribution in [0.2, 0.25) is 0 Å². The summed E-state index contributed by atoms with van der Waals surface area (Å²) in [6.07, 6.45) is 1.16. The maximum absolute atomic E-state index is 2.33. The van der Waals surface area contributed by atoms with Crippen LogP contribution in [0.15, 0.2) is 23.8 Å². The van der Waals surface area contributed by atoms with Crippen molar-refractivity contribution in [3.8, 4) is 0 Å². The lowest BCUT2D eigenvalue weighted by molar-refractivity contribution is 0.851. The molecule has 0 atom stereocenters. The van der Waals surface area contributed by atoms with E-state index in [9.17, 15) is 0 Å². The molecule has 1 aliphatic carbocycles. The minimum atomic E-state index is 0.651. The molecule has 0 radical (unpaired) electrons. The molecule has 0 fully saturated rings. The first-order valence-corrected chi connectivity index (χ1v) is 5.39. The first kappa shape index (κ1) is 9.51. The van der Waals surface area contributed by atoms with Gasteiger partial charge in [0, 0.05) is 0 Å². The summed E-state index contributed by atoms with van der Waals surface area (Å²) in [7, 11) is 0. The van der Waals surface area contributed by atoms with Crippen LogP contribution in [0.3, 0.4) is 0 Å². The molecule has 14 heavy (non-hydrogen) atoms. The molecule has 0 saturated heterocycles. The molecule has 0 saturated carbocycles. The Kier molecular flexibility index (Phi) is 2.22. The third-order valence-electron chi connectivity index (χ3n) is 3.05. The SMILES string of the molecule is CC1=C(C(C)C)c2cc(C)ccc2C1. The van der Waals surface area contributed by atoms with E-state index in [1.807, 2.05) is 0 Å². The molecule has 0 aromatic heterocycles. The molecule has 0 bridgehead atoms. The van der Waals surface area contributed by atoms with Crippen LogP contribution >= 0.6 is 0 Å². The molecule has 0 aliphatic heterocycles. The van der Waals surface area contributed by atoms with Gasteiger partial charge >= 0.3 is 0 Å². The Morgan fingerprint density at radius 2 is 1.86 bits per heavy atom. The van der Waals surface area contributed by atoms with Crippen molar-refractivity contribution < 1.29 is 0 Å². The van der Waals surface area contributed by atoms with Gasteiger partial charge in [-0.25, -0.2) is 0 Å². The van der Waals surface area contributed by atoms with E-state index < -0.39 is 0 Å². The van der Waals surface area contributed by atoms with E-state index in [0.717, 1.165) is 6.42 Å². The van der Waals surface area contributed by atoms with Crippen molar-refractivity contribution in [2.75, 3.05) is 0 Å². The van der Waals surface area contributed by atoms with E-state index in [4.69, 9.17) is 0 Å². The first-order chi connectivity index (χ1) is 6.59. The second kappa shape index (κ2) is 3.27. The van der Waals surface area contributed by atoms with Gasteiger partial charge in [0.15, 0.2) is 0 Å². The smallest absolute Gasteiger partial charge is 0.00577 e. The molecule has 0 unspecified atom stereocenters. The summed E-state index contributed by atoms with van der Waals surface area (Å²) in [5.74, 6) is 0.651. The minimum Gasteiger partial charge on any atom is -0.0648 e. The van der Waals surface area contributed by atoms with Gasteiger partial charge < -0.3 is 0 Å². The highest BCUT2D eigenvalue weighted by atomic mass is 14.2. The molecule has 2 rings (SSSR count). The lowest BCUT2D eigenvalue weighted by Crippen LogP contribution is -1.93. The molecule has 0 nitrogen and oxygen atoms in total. The molecular formula is C14H18. The molecule has 0 spiro atoms. The Balaban J connectivity index is 2.56. The topological polar surface area (TPSA) is 0 Å². The summed E-state index contributed by atoms with van der Waals surface area (Å²) >= 11 is 0. The van der Waals surface area contributed by atoms with E-state index in [2.05, 4.69) is 45.9 Å². The third kappa shape index (κ3) is 1.39. The highest BCUT2D eigenvalue weighted by Crippen LogP contribution is 2.37. The van der Waals surface area contributed by atoms with E-state index >= 15 is 0 Å². The Hall–Kier alpha value is -1.04. The summed E-state index contributed by atoms with van der Waals surface area (Å²) < 4.78 is 0. The number of benzene rings is 1. The van der Waals surface area contributed by atoms with E-state index in [1.165, 1.54) is 16.7 Å². The van der Waals surface area contributed by atoms with Crippen molar-refractivity contribution in [3.05, 3.63) is 40.5 Å².